The van der Waals surface area contributed by atoms with Gasteiger partial charge < -0.3 is 14.5 Å². The maximum Gasteiger partial charge on any atom is 0.272 e. The topological polar surface area (TPSA) is 93.0 Å². The van der Waals surface area contributed by atoms with Gasteiger partial charge in [0.05, 0.1) is 19.0 Å². The van der Waals surface area contributed by atoms with Crippen molar-refractivity contribution in [2.45, 2.75) is 6.92 Å². The van der Waals surface area contributed by atoms with Gasteiger partial charge in [-0.3, -0.25) is 14.9 Å². The Morgan fingerprint density at radius 3 is 3.04 bits per heavy atom. The Bertz CT molecular complexity index is 887. The van der Waals surface area contributed by atoms with E-state index in [0.29, 0.717) is 17.2 Å². The second-order valence-corrected chi connectivity index (χ2v) is 5.10. The van der Waals surface area contributed by atoms with Crippen LogP contribution in [-0.4, -0.2) is 34.2 Å². The molecule has 0 atom stereocenters. The smallest absolute Gasteiger partial charge is 0.272 e. The number of carbonyl (C=O) groups excluding carboxylic acids is 1. The molecular weight excluding hydrogens is 320 g/mol. The summed E-state index contributed by atoms with van der Waals surface area (Å²) in [6.07, 6.45) is 3.20. The van der Waals surface area contributed by atoms with Crippen LogP contribution < -0.4 is 10.1 Å². The molecule has 0 aliphatic rings. The first-order chi connectivity index (χ1) is 12.2. The largest absolute Gasteiger partial charge is 0.479 e. The number of carbonyl (C=O) groups is 1. The molecule has 2 N–H and O–H groups in total. The predicted octanol–water partition coefficient (Wildman–Crippen LogP) is 2.19. The van der Waals surface area contributed by atoms with Crippen LogP contribution in [0, 0.1) is 18.8 Å². The summed E-state index contributed by atoms with van der Waals surface area (Å²) in [6, 6.07) is 8.86. The number of amides is 1. The first-order valence-corrected chi connectivity index (χ1v) is 7.61. The summed E-state index contributed by atoms with van der Waals surface area (Å²) in [4.78, 5) is 16.1. The lowest BCUT2D eigenvalue weighted by molar-refractivity contribution is 0.0953. The standard InChI is InChI=1S/C18H16N4O3/c1-13-6-7-14(12-20-13)24-9-3-2-8-19-18(23)16-11-15(21-22-16)17-5-4-10-25-17/h4-7,10-12H,8-9H2,1H3,(H,19,23)(H,21,22). The normalized spacial score (nSPS) is 9.96. The van der Waals surface area contributed by atoms with Gasteiger partial charge in [-0.15, -0.1) is 0 Å². The van der Waals surface area contributed by atoms with E-state index in [1.165, 1.54) is 0 Å². The fourth-order valence-electron chi connectivity index (χ4n) is 1.98. The van der Waals surface area contributed by atoms with E-state index >= 15 is 0 Å². The number of nitrogens with one attached hydrogen (secondary N) is 2. The molecule has 0 aromatic carbocycles. The Kier molecular flexibility index (Phi) is 5.12. The first kappa shape index (κ1) is 16.3. The predicted molar refractivity (Wildman–Crippen MR) is 90.9 cm³/mol. The van der Waals surface area contributed by atoms with E-state index in [4.69, 9.17) is 9.15 Å². The van der Waals surface area contributed by atoms with Crippen molar-refractivity contribution < 1.29 is 13.9 Å². The second-order valence-electron chi connectivity index (χ2n) is 5.10. The number of nitrogens with zero attached hydrogens (tertiary/aromatic N) is 2. The molecular formula is C18H16N4O3. The van der Waals surface area contributed by atoms with Crippen LogP contribution in [0.1, 0.15) is 16.2 Å². The summed E-state index contributed by atoms with van der Waals surface area (Å²) >= 11 is 0. The van der Waals surface area contributed by atoms with E-state index < -0.39 is 0 Å². The Hall–Kier alpha value is -3.53. The van der Waals surface area contributed by atoms with Crippen molar-refractivity contribution in [3.63, 3.8) is 0 Å². The van der Waals surface area contributed by atoms with E-state index in [2.05, 4.69) is 32.3 Å². The number of aromatic amines is 1. The third-order valence-electron chi connectivity index (χ3n) is 3.25. The summed E-state index contributed by atoms with van der Waals surface area (Å²) < 4.78 is 10.7. The van der Waals surface area contributed by atoms with Gasteiger partial charge in [-0.2, -0.15) is 5.10 Å². The number of furan rings is 1. The van der Waals surface area contributed by atoms with E-state index in [9.17, 15) is 4.79 Å². The van der Waals surface area contributed by atoms with Gasteiger partial charge in [0, 0.05) is 11.8 Å². The van der Waals surface area contributed by atoms with Crippen molar-refractivity contribution in [1.82, 2.24) is 20.5 Å². The maximum absolute atomic E-state index is 12.0. The molecule has 1 amide bonds. The van der Waals surface area contributed by atoms with Crippen molar-refractivity contribution in [3.8, 4) is 29.0 Å². The van der Waals surface area contributed by atoms with Crippen LogP contribution in [0.4, 0.5) is 0 Å². The van der Waals surface area contributed by atoms with E-state index in [1.807, 2.05) is 19.1 Å². The van der Waals surface area contributed by atoms with Crippen LogP contribution in [-0.2, 0) is 0 Å². The molecule has 0 spiro atoms. The third kappa shape index (κ3) is 4.48. The van der Waals surface area contributed by atoms with Gasteiger partial charge in [0.1, 0.15) is 18.1 Å². The zero-order chi connectivity index (χ0) is 17.5. The average molecular weight is 336 g/mol. The molecule has 0 saturated heterocycles. The molecule has 3 aromatic rings. The Balaban J connectivity index is 1.43. The monoisotopic (exact) mass is 336 g/mol. The van der Waals surface area contributed by atoms with Crippen LogP contribution >= 0.6 is 0 Å². The van der Waals surface area contributed by atoms with Crippen molar-refractivity contribution in [1.29, 1.82) is 0 Å². The van der Waals surface area contributed by atoms with Crippen molar-refractivity contribution in [2.24, 2.45) is 0 Å². The van der Waals surface area contributed by atoms with Crippen LogP contribution in [0.3, 0.4) is 0 Å². The molecule has 0 saturated carbocycles. The van der Waals surface area contributed by atoms with Gasteiger partial charge in [0.15, 0.2) is 11.5 Å². The minimum absolute atomic E-state index is 0.206. The SMILES string of the molecule is Cc1ccc(OCC#CCNC(=O)c2cc(-c3ccco3)[nH]n2)cn1. The summed E-state index contributed by atoms with van der Waals surface area (Å²) in [6.45, 7) is 2.34. The van der Waals surface area contributed by atoms with Gasteiger partial charge in [0.2, 0.25) is 0 Å². The lowest BCUT2D eigenvalue weighted by atomic mass is 10.3. The van der Waals surface area contributed by atoms with E-state index in [0.717, 1.165) is 5.69 Å². The molecule has 0 unspecified atom stereocenters. The molecule has 0 fully saturated rings. The lowest BCUT2D eigenvalue weighted by Gasteiger charge is -2.00. The third-order valence-corrected chi connectivity index (χ3v) is 3.25. The first-order valence-electron chi connectivity index (χ1n) is 7.61. The molecule has 0 aliphatic carbocycles. The number of H-pyrrole nitrogens is 1. The molecule has 3 rings (SSSR count). The highest BCUT2D eigenvalue weighted by Gasteiger charge is 2.11. The summed E-state index contributed by atoms with van der Waals surface area (Å²) in [5, 5.41) is 9.38. The molecule has 25 heavy (non-hydrogen) atoms. The minimum Gasteiger partial charge on any atom is -0.479 e. The molecule has 7 heteroatoms. The number of aryl methyl sites for hydroxylation is 1. The molecule has 0 bridgehead atoms. The summed E-state index contributed by atoms with van der Waals surface area (Å²) in [5.74, 6) is 6.61. The van der Waals surface area contributed by atoms with Crippen LogP contribution in [0.2, 0.25) is 0 Å². The Labute approximate surface area is 144 Å². The van der Waals surface area contributed by atoms with Crippen LogP contribution in [0.15, 0.2) is 47.2 Å². The van der Waals surface area contributed by atoms with Gasteiger partial charge in [-0.25, -0.2) is 0 Å². The fourth-order valence-corrected chi connectivity index (χ4v) is 1.98. The highest BCUT2D eigenvalue weighted by molar-refractivity contribution is 5.93. The van der Waals surface area contributed by atoms with Gasteiger partial charge >= 0.3 is 0 Å². The summed E-state index contributed by atoms with van der Waals surface area (Å²) in [5.41, 5.74) is 1.84. The number of hydrogen-bond donors (Lipinski definition) is 2. The fraction of sp³-hybridized carbons (Fsp3) is 0.167. The van der Waals surface area contributed by atoms with Gasteiger partial charge in [-0.05, 0) is 31.2 Å². The van der Waals surface area contributed by atoms with Crippen molar-refractivity contribution in [2.75, 3.05) is 13.2 Å². The van der Waals surface area contributed by atoms with Crippen molar-refractivity contribution >= 4 is 5.91 Å². The number of ether oxygens (including phenoxy) is 1. The van der Waals surface area contributed by atoms with E-state index in [1.54, 1.807) is 30.7 Å². The lowest BCUT2D eigenvalue weighted by Crippen LogP contribution is -2.24. The van der Waals surface area contributed by atoms with Crippen LogP contribution in [0.5, 0.6) is 5.75 Å². The Morgan fingerprint density at radius 2 is 2.28 bits per heavy atom. The molecule has 0 aliphatic heterocycles. The zero-order valence-corrected chi connectivity index (χ0v) is 13.6. The average Bonchev–Trinajstić information content (AvgIpc) is 3.30. The molecule has 0 radical (unpaired) electrons. The number of pyridine rings is 1. The highest BCUT2D eigenvalue weighted by atomic mass is 16.5. The molecule has 126 valence electrons. The number of aromatic nitrogens is 3. The number of hydrogen-bond acceptors (Lipinski definition) is 5. The molecule has 3 aromatic heterocycles. The summed E-state index contributed by atoms with van der Waals surface area (Å²) in [7, 11) is 0. The second kappa shape index (κ2) is 7.84. The molecule has 3 heterocycles. The van der Waals surface area contributed by atoms with Crippen molar-refractivity contribution in [3.05, 3.63) is 54.2 Å². The maximum atomic E-state index is 12.0. The van der Waals surface area contributed by atoms with E-state index in [-0.39, 0.29) is 24.8 Å². The zero-order valence-electron chi connectivity index (χ0n) is 13.6. The van der Waals surface area contributed by atoms with Gasteiger partial charge in [0.25, 0.3) is 5.91 Å². The molecule has 7 nitrogen and oxygen atoms in total. The van der Waals surface area contributed by atoms with Gasteiger partial charge in [-0.1, -0.05) is 11.8 Å². The minimum atomic E-state index is -0.313. The Morgan fingerprint density at radius 1 is 1.36 bits per heavy atom. The quantitative estimate of drug-likeness (QED) is 0.697. The van der Waals surface area contributed by atoms with Crippen LogP contribution in [0.25, 0.3) is 11.5 Å². The highest BCUT2D eigenvalue weighted by Crippen LogP contribution is 2.17. The number of rotatable bonds is 5.